The number of benzene rings is 1. The molecule has 1 saturated heterocycles. The molecular formula is C11H12BrFN2O2. The Hall–Kier alpha value is -0.980. The Kier molecular flexibility index (Phi) is 4.09. The number of morpholine rings is 1. The zero-order chi connectivity index (χ0) is 12.3. The number of nitrogens with one attached hydrogen (secondary N) is 2. The summed E-state index contributed by atoms with van der Waals surface area (Å²) in [5.41, 5.74) is 0.157. The van der Waals surface area contributed by atoms with E-state index in [4.69, 9.17) is 4.74 Å². The smallest absolute Gasteiger partial charge is 0.244 e. The van der Waals surface area contributed by atoms with Crippen LogP contribution in [-0.4, -0.2) is 31.7 Å². The van der Waals surface area contributed by atoms with E-state index in [1.807, 2.05) is 0 Å². The minimum Gasteiger partial charge on any atom is -0.378 e. The standard InChI is InChI=1S/C11H12BrFN2O2/c12-7-2-1-3-8(13)10(7)15-11(16)9-6-17-5-4-14-9/h1-3,9,14H,4-6H2,(H,15,16). The van der Waals surface area contributed by atoms with Crippen molar-refractivity contribution in [1.82, 2.24) is 5.32 Å². The van der Waals surface area contributed by atoms with Crippen LogP contribution in [0.3, 0.4) is 0 Å². The normalized spacial score (nSPS) is 20.0. The Labute approximate surface area is 107 Å². The molecule has 0 bridgehead atoms. The lowest BCUT2D eigenvalue weighted by atomic mass is 10.2. The first kappa shape index (κ1) is 12.5. The molecule has 0 spiro atoms. The van der Waals surface area contributed by atoms with E-state index < -0.39 is 11.9 Å². The van der Waals surface area contributed by atoms with Gasteiger partial charge in [-0.1, -0.05) is 6.07 Å². The van der Waals surface area contributed by atoms with E-state index >= 15 is 0 Å². The van der Waals surface area contributed by atoms with Gasteiger partial charge in [0.05, 0.1) is 18.9 Å². The van der Waals surface area contributed by atoms with Gasteiger partial charge in [-0.3, -0.25) is 4.79 Å². The van der Waals surface area contributed by atoms with E-state index in [1.54, 1.807) is 12.1 Å². The summed E-state index contributed by atoms with van der Waals surface area (Å²) in [6.45, 7) is 1.52. The number of carbonyl (C=O) groups is 1. The molecule has 0 aromatic heterocycles. The van der Waals surface area contributed by atoms with Gasteiger partial charge in [0.25, 0.3) is 0 Å². The molecule has 92 valence electrons. The summed E-state index contributed by atoms with van der Waals surface area (Å²) in [5, 5.41) is 5.55. The average Bonchev–Trinajstić information content (AvgIpc) is 2.35. The van der Waals surface area contributed by atoms with Gasteiger partial charge < -0.3 is 15.4 Å². The quantitative estimate of drug-likeness (QED) is 0.871. The predicted molar refractivity (Wildman–Crippen MR) is 65.3 cm³/mol. The van der Waals surface area contributed by atoms with Crippen LogP contribution in [0.25, 0.3) is 0 Å². The average molecular weight is 303 g/mol. The summed E-state index contributed by atoms with van der Waals surface area (Å²) in [4.78, 5) is 11.8. The maximum absolute atomic E-state index is 13.5. The number of hydrogen-bond acceptors (Lipinski definition) is 3. The second-order valence-electron chi connectivity index (χ2n) is 3.67. The third-order valence-electron chi connectivity index (χ3n) is 2.45. The zero-order valence-electron chi connectivity index (χ0n) is 9.00. The number of amides is 1. The number of carbonyl (C=O) groups excluding carboxylic acids is 1. The molecule has 2 N–H and O–H groups in total. The Bertz CT molecular complexity index is 402. The summed E-state index contributed by atoms with van der Waals surface area (Å²) in [6, 6.07) is 4.10. The van der Waals surface area contributed by atoms with Crippen LogP contribution in [0.2, 0.25) is 0 Å². The molecule has 17 heavy (non-hydrogen) atoms. The van der Waals surface area contributed by atoms with E-state index in [1.165, 1.54) is 6.07 Å². The Morgan fingerprint density at radius 2 is 2.41 bits per heavy atom. The van der Waals surface area contributed by atoms with E-state index in [0.29, 0.717) is 24.2 Å². The van der Waals surface area contributed by atoms with Crippen LogP contribution in [0.5, 0.6) is 0 Å². The van der Waals surface area contributed by atoms with Crippen LogP contribution in [0.15, 0.2) is 22.7 Å². The van der Waals surface area contributed by atoms with Crippen LogP contribution in [-0.2, 0) is 9.53 Å². The summed E-state index contributed by atoms with van der Waals surface area (Å²) < 4.78 is 19.2. The molecule has 1 aromatic rings. The minimum absolute atomic E-state index is 0.157. The number of ether oxygens (including phenoxy) is 1. The van der Waals surface area contributed by atoms with Gasteiger partial charge in [-0.15, -0.1) is 0 Å². The molecule has 4 nitrogen and oxygen atoms in total. The molecule has 1 aromatic carbocycles. The molecule has 1 aliphatic rings. The topological polar surface area (TPSA) is 50.4 Å². The molecule has 0 aliphatic carbocycles. The molecule has 1 unspecified atom stereocenters. The number of para-hydroxylation sites is 1. The molecule has 2 rings (SSSR count). The minimum atomic E-state index is -0.468. The van der Waals surface area contributed by atoms with Crippen molar-refractivity contribution in [3.8, 4) is 0 Å². The fraction of sp³-hybridized carbons (Fsp3) is 0.364. The van der Waals surface area contributed by atoms with E-state index in [9.17, 15) is 9.18 Å². The Balaban J connectivity index is 2.07. The maximum atomic E-state index is 13.5. The van der Waals surface area contributed by atoms with Crippen molar-refractivity contribution in [2.45, 2.75) is 6.04 Å². The molecule has 6 heteroatoms. The first-order valence-electron chi connectivity index (χ1n) is 5.24. The monoisotopic (exact) mass is 302 g/mol. The highest BCUT2D eigenvalue weighted by molar-refractivity contribution is 9.10. The lowest BCUT2D eigenvalue weighted by Crippen LogP contribution is -2.48. The van der Waals surface area contributed by atoms with Crippen LogP contribution in [0.1, 0.15) is 0 Å². The highest BCUT2D eigenvalue weighted by Gasteiger charge is 2.22. The van der Waals surface area contributed by atoms with Gasteiger partial charge in [0.15, 0.2) is 0 Å². The van der Waals surface area contributed by atoms with Crippen molar-refractivity contribution in [1.29, 1.82) is 0 Å². The van der Waals surface area contributed by atoms with Crippen LogP contribution in [0, 0.1) is 5.82 Å². The molecular weight excluding hydrogens is 291 g/mol. The predicted octanol–water partition coefficient (Wildman–Crippen LogP) is 1.52. The Morgan fingerprint density at radius 3 is 3.06 bits per heavy atom. The number of halogens is 2. The molecule has 1 heterocycles. The highest BCUT2D eigenvalue weighted by atomic mass is 79.9. The lowest BCUT2D eigenvalue weighted by molar-refractivity contribution is -0.120. The second kappa shape index (κ2) is 5.57. The lowest BCUT2D eigenvalue weighted by Gasteiger charge is -2.23. The van der Waals surface area contributed by atoms with Crippen molar-refractivity contribution in [3.63, 3.8) is 0 Å². The SMILES string of the molecule is O=C(Nc1c(F)cccc1Br)C1COCCN1. The number of hydrogen-bond donors (Lipinski definition) is 2. The third-order valence-corrected chi connectivity index (χ3v) is 3.11. The van der Waals surface area contributed by atoms with Gasteiger partial charge in [-0.2, -0.15) is 0 Å². The summed E-state index contributed by atoms with van der Waals surface area (Å²) in [5.74, 6) is -0.764. The second-order valence-corrected chi connectivity index (χ2v) is 4.52. The number of anilines is 1. The summed E-state index contributed by atoms with van der Waals surface area (Å²) >= 11 is 3.19. The van der Waals surface area contributed by atoms with E-state index in [2.05, 4.69) is 26.6 Å². The third kappa shape index (κ3) is 3.02. The van der Waals surface area contributed by atoms with E-state index in [0.717, 1.165) is 0 Å². The molecule has 1 aliphatic heterocycles. The summed E-state index contributed by atoms with van der Waals surface area (Å²) in [6.07, 6.45) is 0. The molecule has 1 atom stereocenters. The van der Waals surface area contributed by atoms with Gasteiger partial charge in [-0.05, 0) is 28.1 Å². The first-order chi connectivity index (χ1) is 8.18. The van der Waals surface area contributed by atoms with Crippen molar-refractivity contribution >= 4 is 27.5 Å². The summed E-state index contributed by atoms with van der Waals surface area (Å²) in [7, 11) is 0. The van der Waals surface area contributed by atoms with Crippen molar-refractivity contribution in [2.75, 3.05) is 25.1 Å². The van der Waals surface area contributed by atoms with Gasteiger partial charge in [0.2, 0.25) is 5.91 Å². The molecule has 0 saturated carbocycles. The molecule has 0 radical (unpaired) electrons. The molecule has 1 fully saturated rings. The first-order valence-corrected chi connectivity index (χ1v) is 6.04. The number of rotatable bonds is 2. The fourth-order valence-corrected chi connectivity index (χ4v) is 2.00. The largest absolute Gasteiger partial charge is 0.378 e. The Morgan fingerprint density at radius 1 is 1.59 bits per heavy atom. The zero-order valence-corrected chi connectivity index (χ0v) is 10.6. The highest BCUT2D eigenvalue weighted by Crippen LogP contribution is 2.25. The fourth-order valence-electron chi connectivity index (χ4n) is 1.56. The van der Waals surface area contributed by atoms with Crippen molar-refractivity contribution < 1.29 is 13.9 Å². The van der Waals surface area contributed by atoms with Crippen molar-refractivity contribution in [3.05, 3.63) is 28.5 Å². The van der Waals surface area contributed by atoms with E-state index in [-0.39, 0.29) is 11.6 Å². The van der Waals surface area contributed by atoms with Crippen molar-refractivity contribution in [2.24, 2.45) is 0 Å². The maximum Gasteiger partial charge on any atom is 0.244 e. The van der Waals surface area contributed by atoms with Crippen LogP contribution in [0.4, 0.5) is 10.1 Å². The van der Waals surface area contributed by atoms with Gasteiger partial charge in [0, 0.05) is 11.0 Å². The molecule has 1 amide bonds. The van der Waals surface area contributed by atoms with Crippen LogP contribution < -0.4 is 10.6 Å². The van der Waals surface area contributed by atoms with Gasteiger partial charge >= 0.3 is 0 Å². The van der Waals surface area contributed by atoms with Gasteiger partial charge in [0.1, 0.15) is 11.9 Å². The van der Waals surface area contributed by atoms with Crippen LogP contribution >= 0.6 is 15.9 Å². The van der Waals surface area contributed by atoms with Gasteiger partial charge in [-0.25, -0.2) is 4.39 Å².